The van der Waals surface area contributed by atoms with E-state index in [0.717, 1.165) is 22.4 Å². The highest BCUT2D eigenvalue weighted by Gasteiger charge is 2.16. The van der Waals surface area contributed by atoms with Gasteiger partial charge in [-0.1, -0.05) is 6.07 Å². The number of nitrogens with zero attached hydrogens (tertiary/aromatic N) is 4. The molecule has 142 valence electrons. The van der Waals surface area contributed by atoms with Crippen LogP contribution < -0.4 is 10.0 Å². The summed E-state index contributed by atoms with van der Waals surface area (Å²) in [6.07, 6.45) is 7.65. The number of sulfonamides is 1. The molecule has 27 heavy (non-hydrogen) atoms. The molecule has 3 aromatic heterocycles. The van der Waals surface area contributed by atoms with Gasteiger partial charge in [-0.05, 0) is 11.4 Å². The van der Waals surface area contributed by atoms with Crippen LogP contribution in [0.15, 0.2) is 42.3 Å². The first kappa shape index (κ1) is 19.1. The Morgan fingerprint density at radius 3 is 2.81 bits per heavy atom. The van der Waals surface area contributed by atoms with Crippen molar-refractivity contribution in [1.29, 1.82) is 0 Å². The van der Waals surface area contributed by atoms with E-state index in [2.05, 4.69) is 25.1 Å². The summed E-state index contributed by atoms with van der Waals surface area (Å²) >= 11 is 1.58. The summed E-state index contributed by atoms with van der Waals surface area (Å²) in [7, 11) is -3.40. The minimum Gasteiger partial charge on any atom is -0.353 e. The van der Waals surface area contributed by atoms with Gasteiger partial charge < -0.3 is 5.32 Å². The molecule has 0 saturated heterocycles. The lowest BCUT2D eigenvalue weighted by molar-refractivity contribution is -0.120. The van der Waals surface area contributed by atoms with Crippen LogP contribution in [0.25, 0.3) is 21.8 Å². The molecule has 0 unspecified atom stereocenters. The molecule has 0 aliphatic heterocycles. The number of hydrogen-bond acceptors (Lipinski definition) is 7. The van der Waals surface area contributed by atoms with Crippen molar-refractivity contribution < 1.29 is 13.2 Å². The third-order valence-electron chi connectivity index (χ3n) is 3.57. The monoisotopic (exact) mass is 406 g/mol. The van der Waals surface area contributed by atoms with Crippen molar-refractivity contribution in [2.24, 2.45) is 0 Å². The topological polar surface area (TPSA) is 119 Å². The Hall–Kier alpha value is -2.63. The van der Waals surface area contributed by atoms with Crippen LogP contribution >= 0.6 is 11.3 Å². The Balaban J connectivity index is 1.73. The van der Waals surface area contributed by atoms with E-state index in [1.165, 1.54) is 0 Å². The number of rotatable bonds is 8. The summed E-state index contributed by atoms with van der Waals surface area (Å²) in [5, 5.41) is 9.08. The zero-order valence-corrected chi connectivity index (χ0v) is 16.1. The van der Waals surface area contributed by atoms with E-state index in [9.17, 15) is 13.2 Å². The van der Waals surface area contributed by atoms with Crippen LogP contribution in [0.1, 0.15) is 0 Å². The van der Waals surface area contributed by atoms with E-state index in [1.54, 1.807) is 40.8 Å². The first-order chi connectivity index (χ1) is 12.9. The number of carbonyl (C=O) groups is 1. The Bertz CT molecular complexity index is 1000. The van der Waals surface area contributed by atoms with E-state index in [0.29, 0.717) is 18.8 Å². The molecule has 0 aliphatic rings. The zero-order chi connectivity index (χ0) is 19.3. The average molecular weight is 406 g/mol. The SMILES string of the molecule is CS(=O)(=O)NCC(=O)NCCn1ncc(-c2cnccn2)c1-c1cccs1. The third-order valence-corrected chi connectivity index (χ3v) is 5.12. The number of nitrogens with one attached hydrogen (secondary N) is 2. The molecule has 0 spiro atoms. The maximum absolute atomic E-state index is 11.7. The van der Waals surface area contributed by atoms with Crippen molar-refractivity contribution in [3.8, 4) is 21.8 Å². The second-order valence-corrected chi connectivity index (χ2v) is 8.42. The minimum atomic E-state index is -3.40. The standard InChI is InChI=1S/C16H18N6O3S2/c1-27(24,25)21-11-15(23)19-6-7-22-16(14-3-2-8-26-14)12(9-20-22)13-10-17-4-5-18-13/h2-5,8-10,21H,6-7,11H2,1H3,(H,19,23). The molecule has 2 N–H and O–H groups in total. The summed E-state index contributed by atoms with van der Waals surface area (Å²) in [6.45, 7) is 0.447. The predicted octanol–water partition coefficient (Wildman–Crippen LogP) is 0.734. The first-order valence-corrected chi connectivity index (χ1v) is 10.8. The van der Waals surface area contributed by atoms with Gasteiger partial charge in [0.2, 0.25) is 15.9 Å². The van der Waals surface area contributed by atoms with Crippen LogP contribution in [0.4, 0.5) is 0 Å². The molecule has 0 aromatic carbocycles. The molecule has 0 bridgehead atoms. The predicted molar refractivity (Wildman–Crippen MR) is 102 cm³/mol. The number of amides is 1. The lowest BCUT2D eigenvalue weighted by Gasteiger charge is -2.09. The fraction of sp³-hybridized carbons (Fsp3) is 0.250. The van der Waals surface area contributed by atoms with Gasteiger partial charge in [-0.3, -0.25) is 19.4 Å². The lowest BCUT2D eigenvalue weighted by atomic mass is 10.1. The average Bonchev–Trinajstić information content (AvgIpc) is 3.29. The van der Waals surface area contributed by atoms with Crippen LogP contribution in [-0.4, -0.2) is 53.4 Å². The summed E-state index contributed by atoms with van der Waals surface area (Å²) in [4.78, 5) is 21.2. The number of carbonyl (C=O) groups excluding carboxylic acids is 1. The quantitative estimate of drug-likeness (QED) is 0.569. The van der Waals surface area contributed by atoms with Gasteiger partial charge in [0.1, 0.15) is 0 Å². The molecule has 3 aromatic rings. The molecule has 0 aliphatic carbocycles. The van der Waals surface area contributed by atoms with Crippen molar-refractivity contribution >= 4 is 27.3 Å². The molecule has 0 radical (unpaired) electrons. The smallest absolute Gasteiger partial charge is 0.235 e. The number of hydrogen-bond donors (Lipinski definition) is 2. The van der Waals surface area contributed by atoms with Crippen molar-refractivity contribution in [3.05, 3.63) is 42.3 Å². The van der Waals surface area contributed by atoms with Crippen LogP contribution in [0.2, 0.25) is 0 Å². The van der Waals surface area contributed by atoms with E-state index in [-0.39, 0.29) is 6.54 Å². The van der Waals surface area contributed by atoms with Crippen LogP contribution in [-0.2, 0) is 21.4 Å². The summed E-state index contributed by atoms with van der Waals surface area (Å²) in [5.41, 5.74) is 2.47. The van der Waals surface area contributed by atoms with Crippen LogP contribution in [0, 0.1) is 0 Å². The summed E-state index contributed by atoms with van der Waals surface area (Å²) in [6, 6.07) is 3.95. The normalized spacial score (nSPS) is 11.4. The molecule has 1 amide bonds. The zero-order valence-electron chi connectivity index (χ0n) is 14.5. The van der Waals surface area contributed by atoms with Crippen molar-refractivity contribution in [3.63, 3.8) is 0 Å². The third kappa shape index (κ3) is 5.18. The van der Waals surface area contributed by atoms with Crippen LogP contribution in [0.3, 0.4) is 0 Å². The number of thiophene rings is 1. The molecule has 3 heterocycles. The molecule has 3 rings (SSSR count). The van der Waals surface area contributed by atoms with Gasteiger partial charge in [-0.2, -0.15) is 5.10 Å². The molecule has 0 saturated carbocycles. The summed E-state index contributed by atoms with van der Waals surface area (Å²) < 4.78 is 26.0. The molecular weight excluding hydrogens is 388 g/mol. The van der Waals surface area contributed by atoms with Gasteiger partial charge in [-0.15, -0.1) is 11.3 Å². The lowest BCUT2D eigenvalue weighted by Crippen LogP contribution is -2.37. The van der Waals surface area contributed by atoms with Gasteiger partial charge in [0.05, 0.1) is 48.0 Å². The highest BCUT2D eigenvalue weighted by atomic mass is 32.2. The van der Waals surface area contributed by atoms with E-state index >= 15 is 0 Å². The van der Waals surface area contributed by atoms with E-state index < -0.39 is 15.9 Å². The fourth-order valence-corrected chi connectivity index (χ4v) is 3.60. The first-order valence-electron chi connectivity index (χ1n) is 8.01. The Morgan fingerprint density at radius 2 is 2.15 bits per heavy atom. The molecule has 9 nitrogen and oxygen atoms in total. The van der Waals surface area contributed by atoms with Gasteiger partial charge in [-0.25, -0.2) is 13.1 Å². The van der Waals surface area contributed by atoms with Gasteiger partial charge in [0.15, 0.2) is 0 Å². The number of aromatic nitrogens is 4. The molecular formula is C16H18N6O3S2. The van der Waals surface area contributed by atoms with Crippen molar-refractivity contribution in [2.45, 2.75) is 6.54 Å². The van der Waals surface area contributed by atoms with Crippen molar-refractivity contribution in [2.75, 3.05) is 19.3 Å². The van der Waals surface area contributed by atoms with Gasteiger partial charge in [0.25, 0.3) is 0 Å². The molecule has 0 atom stereocenters. The van der Waals surface area contributed by atoms with Gasteiger partial charge in [0, 0.05) is 24.5 Å². The highest BCUT2D eigenvalue weighted by molar-refractivity contribution is 7.88. The second-order valence-electron chi connectivity index (χ2n) is 5.64. The van der Waals surface area contributed by atoms with E-state index in [4.69, 9.17) is 0 Å². The Morgan fingerprint density at radius 1 is 1.30 bits per heavy atom. The second kappa shape index (κ2) is 8.37. The summed E-state index contributed by atoms with van der Waals surface area (Å²) in [5.74, 6) is -0.403. The Labute approximate surface area is 160 Å². The molecule has 11 heteroatoms. The van der Waals surface area contributed by atoms with Gasteiger partial charge >= 0.3 is 0 Å². The largest absolute Gasteiger partial charge is 0.353 e. The maximum atomic E-state index is 11.7. The van der Waals surface area contributed by atoms with Crippen molar-refractivity contribution in [1.82, 2.24) is 29.8 Å². The minimum absolute atomic E-state index is 0.291. The fourth-order valence-electron chi connectivity index (χ4n) is 2.41. The van der Waals surface area contributed by atoms with E-state index in [1.807, 2.05) is 17.5 Å². The maximum Gasteiger partial charge on any atom is 0.235 e. The van der Waals surface area contributed by atoms with Crippen LogP contribution in [0.5, 0.6) is 0 Å². The highest BCUT2D eigenvalue weighted by Crippen LogP contribution is 2.33. The molecule has 0 fully saturated rings. The Kier molecular flexibility index (Phi) is 5.94.